The molecule has 2 saturated heterocycles. The number of carbonyl (C=O) groups excluding carboxylic acids is 2. The summed E-state index contributed by atoms with van der Waals surface area (Å²) >= 11 is 0. The molecular weight excluding hydrogens is 218 g/mol. The van der Waals surface area contributed by atoms with Crippen LogP contribution in [0.4, 0.5) is 0 Å². The van der Waals surface area contributed by atoms with E-state index in [-0.39, 0.29) is 17.7 Å². The summed E-state index contributed by atoms with van der Waals surface area (Å²) in [4.78, 5) is 27.1. The summed E-state index contributed by atoms with van der Waals surface area (Å²) in [5, 5.41) is 3.31. The molecule has 2 aliphatic heterocycles. The molecule has 0 aromatic rings. The van der Waals surface area contributed by atoms with E-state index in [1.54, 1.807) is 0 Å². The molecule has 2 aliphatic rings. The zero-order valence-electron chi connectivity index (χ0n) is 10.4. The van der Waals surface area contributed by atoms with Crippen molar-refractivity contribution in [2.45, 2.75) is 19.8 Å². The predicted molar refractivity (Wildman–Crippen MR) is 64.4 cm³/mol. The minimum atomic E-state index is -0.110. The Morgan fingerprint density at radius 1 is 1.24 bits per heavy atom. The van der Waals surface area contributed by atoms with Gasteiger partial charge in [0.2, 0.25) is 11.8 Å². The van der Waals surface area contributed by atoms with Gasteiger partial charge in [-0.05, 0) is 13.0 Å². The van der Waals surface area contributed by atoms with E-state index >= 15 is 0 Å². The minimum Gasteiger partial charge on any atom is -0.314 e. The van der Waals surface area contributed by atoms with Gasteiger partial charge in [0, 0.05) is 45.1 Å². The lowest BCUT2D eigenvalue weighted by atomic mass is 10.1. The van der Waals surface area contributed by atoms with Gasteiger partial charge < -0.3 is 10.2 Å². The average molecular weight is 239 g/mol. The van der Waals surface area contributed by atoms with Crippen LogP contribution in [0.2, 0.25) is 0 Å². The van der Waals surface area contributed by atoms with Crippen molar-refractivity contribution >= 4 is 11.8 Å². The predicted octanol–water partition coefficient (Wildman–Crippen LogP) is -0.323. The van der Waals surface area contributed by atoms with Crippen LogP contribution in [-0.4, -0.2) is 60.9 Å². The van der Waals surface area contributed by atoms with Crippen LogP contribution < -0.4 is 5.32 Å². The van der Waals surface area contributed by atoms with Crippen molar-refractivity contribution in [3.05, 3.63) is 0 Å². The Morgan fingerprint density at radius 3 is 2.53 bits per heavy atom. The number of piperazine rings is 1. The fourth-order valence-electron chi connectivity index (χ4n) is 2.47. The average Bonchev–Trinajstić information content (AvgIpc) is 2.57. The molecule has 1 atom stereocenters. The van der Waals surface area contributed by atoms with E-state index in [4.69, 9.17) is 0 Å². The standard InChI is InChI=1S/C12H21N3O2/c1-10-9-11(16)15(12(10)17)6-2-5-14-7-3-13-4-8-14/h10,13H,2-9H2,1H3. The van der Waals surface area contributed by atoms with Gasteiger partial charge in [0.1, 0.15) is 0 Å². The second-order valence-electron chi connectivity index (χ2n) is 4.93. The Kier molecular flexibility index (Phi) is 4.12. The maximum Gasteiger partial charge on any atom is 0.232 e. The first-order chi connectivity index (χ1) is 8.18. The summed E-state index contributed by atoms with van der Waals surface area (Å²) in [7, 11) is 0. The molecule has 17 heavy (non-hydrogen) atoms. The normalized spacial score (nSPS) is 26.9. The van der Waals surface area contributed by atoms with Crippen LogP contribution in [0.25, 0.3) is 0 Å². The third kappa shape index (κ3) is 3.04. The first-order valence-electron chi connectivity index (χ1n) is 6.46. The second kappa shape index (κ2) is 5.60. The maximum absolute atomic E-state index is 11.7. The minimum absolute atomic E-state index is 0.00260. The van der Waals surface area contributed by atoms with Gasteiger partial charge in [-0.15, -0.1) is 0 Å². The van der Waals surface area contributed by atoms with Crippen LogP contribution in [0.15, 0.2) is 0 Å². The first-order valence-corrected chi connectivity index (χ1v) is 6.46. The summed E-state index contributed by atoms with van der Waals surface area (Å²) in [6.45, 7) is 7.61. The number of imide groups is 1. The number of rotatable bonds is 4. The van der Waals surface area contributed by atoms with Crippen LogP contribution in [0.5, 0.6) is 0 Å². The van der Waals surface area contributed by atoms with Crippen molar-refractivity contribution < 1.29 is 9.59 Å². The highest BCUT2D eigenvalue weighted by Crippen LogP contribution is 2.18. The van der Waals surface area contributed by atoms with E-state index in [0.29, 0.717) is 13.0 Å². The lowest BCUT2D eigenvalue weighted by Gasteiger charge is -2.27. The number of amides is 2. The van der Waals surface area contributed by atoms with Gasteiger partial charge in [-0.3, -0.25) is 14.5 Å². The Labute approximate surface area is 102 Å². The summed E-state index contributed by atoms with van der Waals surface area (Å²) < 4.78 is 0. The monoisotopic (exact) mass is 239 g/mol. The van der Waals surface area contributed by atoms with Crippen LogP contribution >= 0.6 is 0 Å². The van der Waals surface area contributed by atoms with Gasteiger partial charge in [0.25, 0.3) is 0 Å². The quantitative estimate of drug-likeness (QED) is 0.683. The molecule has 0 radical (unpaired) electrons. The van der Waals surface area contributed by atoms with Crippen molar-refractivity contribution in [1.29, 1.82) is 0 Å². The number of hydrogen-bond donors (Lipinski definition) is 1. The van der Waals surface area contributed by atoms with Gasteiger partial charge in [-0.1, -0.05) is 6.92 Å². The zero-order valence-corrected chi connectivity index (χ0v) is 10.4. The SMILES string of the molecule is CC1CC(=O)N(CCCN2CCNCC2)C1=O. The number of carbonyl (C=O) groups is 2. The molecule has 96 valence electrons. The number of hydrogen-bond acceptors (Lipinski definition) is 4. The van der Waals surface area contributed by atoms with Crippen molar-refractivity contribution in [1.82, 2.24) is 15.1 Å². The van der Waals surface area contributed by atoms with Crippen LogP contribution in [0.3, 0.4) is 0 Å². The molecule has 0 aromatic carbocycles. The smallest absolute Gasteiger partial charge is 0.232 e. The molecule has 2 fully saturated rings. The lowest BCUT2D eigenvalue weighted by Crippen LogP contribution is -2.44. The molecule has 0 bridgehead atoms. The second-order valence-corrected chi connectivity index (χ2v) is 4.93. The van der Waals surface area contributed by atoms with Crippen LogP contribution in [0.1, 0.15) is 19.8 Å². The number of likely N-dealkylation sites (tertiary alicyclic amines) is 1. The molecule has 2 rings (SSSR count). The topological polar surface area (TPSA) is 52.7 Å². The first kappa shape index (κ1) is 12.5. The third-order valence-electron chi connectivity index (χ3n) is 3.54. The highest BCUT2D eigenvalue weighted by Gasteiger charge is 2.34. The van der Waals surface area contributed by atoms with Crippen LogP contribution in [-0.2, 0) is 9.59 Å². The fraction of sp³-hybridized carbons (Fsp3) is 0.833. The molecule has 1 unspecified atom stereocenters. The lowest BCUT2D eigenvalue weighted by molar-refractivity contribution is -0.139. The molecule has 0 aromatic heterocycles. The van der Waals surface area contributed by atoms with Gasteiger partial charge in [-0.2, -0.15) is 0 Å². The maximum atomic E-state index is 11.7. The van der Waals surface area contributed by atoms with Crippen molar-refractivity contribution in [2.24, 2.45) is 5.92 Å². The summed E-state index contributed by atoms with van der Waals surface area (Å²) in [5.74, 6) is -0.0974. The third-order valence-corrected chi connectivity index (χ3v) is 3.54. The molecular formula is C12H21N3O2. The van der Waals surface area contributed by atoms with E-state index in [2.05, 4.69) is 10.2 Å². The summed E-state index contributed by atoms with van der Waals surface area (Å²) in [6, 6.07) is 0. The molecule has 0 saturated carbocycles. The van der Waals surface area contributed by atoms with Gasteiger partial charge in [-0.25, -0.2) is 0 Å². The molecule has 5 nitrogen and oxygen atoms in total. The largest absolute Gasteiger partial charge is 0.314 e. The molecule has 1 N–H and O–H groups in total. The molecule has 2 heterocycles. The van der Waals surface area contributed by atoms with E-state index in [1.807, 2.05) is 6.92 Å². The zero-order chi connectivity index (χ0) is 12.3. The van der Waals surface area contributed by atoms with Crippen molar-refractivity contribution in [3.8, 4) is 0 Å². The highest BCUT2D eigenvalue weighted by molar-refractivity contribution is 6.03. The molecule has 0 aliphatic carbocycles. The number of nitrogens with zero attached hydrogens (tertiary/aromatic N) is 2. The van der Waals surface area contributed by atoms with Gasteiger partial charge in [0.15, 0.2) is 0 Å². The Bertz CT molecular complexity index is 300. The van der Waals surface area contributed by atoms with E-state index < -0.39 is 0 Å². The highest BCUT2D eigenvalue weighted by atomic mass is 16.2. The Morgan fingerprint density at radius 2 is 1.94 bits per heavy atom. The van der Waals surface area contributed by atoms with Crippen molar-refractivity contribution in [3.63, 3.8) is 0 Å². The molecule has 2 amide bonds. The van der Waals surface area contributed by atoms with E-state index in [9.17, 15) is 9.59 Å². The van der Waals surface area contributed by atoms with Gasteiger partial charge >= 0.3 is 0 Å². The molecule has 0 spiro atoms. The fourth-order valence-corrected chi connectivity index (χ4v) is 2.47. The van der Waals surface area contributed by atoms with Crippen molar-refractivity contribution in [2.75, 3.05) is 39.3 Å². The van der Waals surface area contributed by atoms with E-state index in [0.717, 1.165) is 39.1 Å². The summed E-state index contributed by atoms with van der Waals surface area (Å²) in [6.07, 6.45) is 1.29. The van der Waals surface area contributed by atoms with E-state index in [1.165, 1.54) is 4.90 Å². The Hall–Kier alpha value is -0.940. The number of nitrogens with one attached hydrogen (secondary N) is 1. The summed E-state index contributed by atoms with van der Waals surface area (Å²) in [5.41, 5.74) is 0. The Balaban J connectivity index is 1.71. The van der Waals surface area contributed by atoms with Gasteiger partial charge in [0.05, 0.1) is 0 Å². The molecule has 5 heteroatoms. The van der Waals surface area contributed by atoms with Crippen LogP contribution in [0, 0.1) is 5.92 Å².